The third-order valence-electron chi connectivity index (χ3n) is 2.93. The highest BCUT2D eigenvalue weighted by atomic mass is 16.5. The van der Waals surface area contributed by atoms with Crippen molar-refractivity contribution in [3.8, 4) is 17.4 Å². The van der Waals surface area contributed by atoms with Gasteiger partial charge in [-0.1, -0.05) is 6.92 Å². The molecule has 21 heavy (non-hydrogen) atoms. The van der Waals surface area contributed by atoms with Gasteiger partial charge in [0.2, 0.25) is 5.75 Å². The van der Waals surface area contributed by atoms with Gasteiger partial charge in [-0.15, -0.1) is 0 Å². The first-order chi connectivity index (χ1) is 10.2. The van der Waals surface area contributed by atoms with Crippen molar-refractivity contribution >= 4 is 5.82 Å². The fourth-order valence-corrected chi connectivity index (χ4v) is 1.96. The molecule has 2 aromatic rings. The Kier molecular flexibility index (Phi) is 4.92. The van der Waals surface area contributed by atoms with Gasteiger partial charge in [0.25, 0.3) is 5.88 Å². The highest BCUT2D eigenvalue weighted by Crippen LogP contribution is 2.35. The van der Waals surface area contributed by atoms with Gasteiger partial charge in [0, 0.05) is 12.2 Å². The van der Waals surface area contributed by atoms with Crippen LogP contribution in [0.15, 0.2) is 18.5 Å². The zero-order valence-electron chi connectivity index (χ0n) is 12.8. The van der Waals surface area contributed by atoms with E-state index in [2.05, 4.69) is 20.3 Å². The highest BCUT2D eigenvalue weighted by molar-refractivity contribution is 5.56. The maximum Gasteiger partial charge on any atom is 0.268 e. The molecule has 0 aromatic carbocycles. The van der Waals surface area contributed by atoms with Crippen LogP contribution < -0.4 is 14.8 Å². The second-order valence-corrected chi connectivity index (χ2v) is 4.44. The number of rotatable bonds is 6. The number of ether oxygens (including phenoxy) is 2. The number of hydrogen-bond acceptors (Lipinski definition) is 6. The number of methoxy groups -OCH3 is 1. The average molecular weight is 288 g/mol. The Morgan fingerprint density at radius 1 is 1.19 bits per heavy atom. The fourth-order valence-electron chi connectivity index (χ4n) is 1.96. The smallest absolute Gasteiger partial charge is 0.268 e. The van der Waals surface area contributed by atoms with E-state index >= 15 is 0 Å². The molecule has 0 radical (unpaired) electrons. The van der Waals surface area contributed by atoms with Gasteiger partial charge in [-0.25, -0.2) is 4.98 Å². The van der Waals surface area contributed by atoms with Gasteiger partial charge in [-0.05, 0) is 32.4 Å². The quantitative estimate of drug-likeness (QED) is 0.881. The molecule has 0 saturated carbocycles. The summed E-state index contributed by atoms with van der Waals surface area (Å²) in [7, 11) is 1.57. The van der Waals surface area contributed by atoms with Crippen LogP contribution in [0.2, 0.25) is 0 Å². The summed E-state index contributed by atoms with van der Waals surface area (Å²) >= 11 is 0. The topological polar surface area (TPSA) is 69.2 Å². The monoisotopic (exact) mass is 288 g/mol. The molecule has 0 amide bonds. The first-order valence-electron chi connectivity index (χ1n) is 6.96. The molecule has 0 saturated heterocycles. The van der Waals surface area contributed by atoms with Crippen LogP contribution in [0.3, 0.4) is 0 Å². The van der Waals surface area contributed by atoms with Crippen molar-refractivity contribution in [3.05, 3.63) is 29.8 Å². The number of hydrogen-bond donors (Lipinski definition) is 1. The van der Waals surface area contributed by atoms with Crippen LogP contribution in [-0.2, 0) is 6.42 Å². The van der Waals surface area contributed by atoms with E-state index in [9.17, 15) is 0 Å². The van der Waals surface area contributed by atoms with Crippen molar-refractivity contribution in [2.24, 2.45) is 0 Å². The molecule has 0 bridgehead atoms. The molecule has 0 aliphatic rings. The number of nitrogens with zero attached hydrogens (tertiary/aromatic N) is 3. The summed E-state index contributed by atoms with van der Waals surface area (Å²) in [4.78, 5) is 12.8. The maximum absolute atomic E-state index is 5.89. The molecular weight excluding hydrogens is 268 g/mol. The Hall–Kier alpha value is -2.37. The zero-order valence-corrected chi connectivity index (χ0v) is 12.8. The number of anilines is 1. The van der Waals surface area contributed by atoms with E-state index < -0.39 is 0 Å². The van der Waals surface area contributed by atoms with Crippen LogP contribution in [0, 0.1) is 6.92 Å². The van der Waals surface area contributed by atoms with Gasteiger partial charge < -0.3 is 14.8 Å². The summed E-state index contributed by atoms with van der Waals surface area (Å²) in [6.45, 7) is 6.72. The highest BCUT2D eigenvalue weighted by Gasteiger charge is 2.15. The van der Waals surface area contributed by atoms with Crippen LogP contribution in [0.1, 0.15) is 25.2 Å². The molecule has 2 rings (SSSR count). The molecule has 1 N–H and O–H groups in total. The van der Waals surface area contributed by atoms with E-state index in [0.717, 1.165) is 24.4 Å². The Labute approximate surface area is 124 Å². The van der Waals surface area contributed by atoms with Crippen molar-refractivity contribution in [1.82, 2.24) is 15.0 Å². The van der Waals surface area contributed by atoms with Gasteiger partial charge in [0.15, 0.2) is 11.6 Å². The minimum absolute atomic E-state index is 0.379. The summed E-state index contributed by atoms with van der Waals surface area (Å²) in [6, 6.07) is 3.81. The molecule has 2 aromatic heterocycles. The van der Waals surface area contributed by atoms with Crippen LogP contribution in [0.5, 0.6) is 17.4 Å². The van der Waals surface area contributed by atoms with E-state index in [0.29, 0.717) is 23.2 Å². The molecular formula is C15H20N4O2. The van der Waals surface area contributed by atoms with Gasteiger partial charge in [0.05, 0.1) is 12.8 Å². The molecule has 6 heteroatoms. The molecule has 0 aliphatic carbocycles. The summed E-state index contributed by atoms with van der Waals surface area (Å²) in [6.07, 6.45) is 2.23. The minimum Gasteiger partial charge on any atom is -0.489 e. The molecule has 2 heterocycles. The molecule has 0 fully saturated rings. The standard InChI is InChI=1S/C15H20N4O2/c1-5-11-12(8-7-10(3)19-11)21-15-13(20-4)14(16-6-2)17-9-18-15/h7-9H,5-6H2,1-4H3,(H,16,17,18). The third kappa shape index (κ3) is 3.39. The fraction of sp³-hybridized carbons (Fsp3) is 0.400. The SMILES string of the molecule is CCNc1ncnc(Oc2ccc(C)nc2CC)c1OC. The predicted octanol–water partition coefficient (Wildman–Crippen LogP) is 2.98. The van der Waals surface area contributed by atoms with Gasteiger partial charge in [-0.2, -0.15) is 4.98 Å². The molecule has 6 nitrogen and oxygen atoms in total. The molecule has 0 unspecified atom stereocenters. The third-order valence-corrected chi connectivity index (χ3v) is 2.93. The molecule has 0 spiro atoms. The van der Waals surface area contributed by atoms with Crippen molar-refractivity contribution in [3.63, 3.8) is 0 Å². The Bertz CT molecular complexity index is 617. The summed E-state index contributed by atoms with van der Waals surface area (Å²) < 4.78 is 11.3. The number of aromatic nitrogens is 3. The summed E-state index contributed by atoms with van der Waals surface area (Å²) in [5.74, 6) is 2.16. The van der Waals surface area contributed by atoms with Crippen LogP contribution in [0.25, 0.3) is 0 Å². The Morgan fingerprint density at radius 3 is 2.67 bits per heavy atom. The lowest BCUT2D eigenvalue weighted by molar-refractivity contribution is 0.367. The van der Waals surface area contributed by atoms with Crippen molar-refractivity contribution in [2.75, 3.05) is 19.0 Å². The summed E-state index contributed by atoms with van der Waals surface area (Å²) in [5.41, 5.74) is 1.85. The Balaban J connectivity index is 2.37. The number of nitrogens with one attached hydrogen (secondary N) is 1. The number of pyridine rings is 1. The first-order valence-corrected chi connectivity index (χ1v) is 6.96. The first kappa shape index (κ1) is 15.0. The van der Waals surface area contributed by atoms with E-state index in [4.69, 9.17) is 9.47 Å². The Morgan fingerprint density at radius 2 is 2.00 bits per heavy atom. The van der Waals surface area contributed by atoms with E-state index in [1.165, 1.54) is 6.33 Å². The average Bonchev–Trinajstić information content (AvgIpc) is 2.49. The normalized spacial score (nSPS) is 10.3. The minimum atomic E-state index is 0.379. The van der Waals surface area contributed by atoms with Crippen molar-refractivity contribution < 1.29 is 9.47 Å². The second kappa shape index (κ2) is 6.88. The predicted molar refractivity (Wildman–Crippen MR) is 81.2 cm³/mol. The summed E-state index contributed by atoms with van der Waals surface area (Å²) in [5, 5.41) is 3.12. The number of aryl methyl sites for hydroxylation is 2. The van der Waals surface area contributed by atoms with Crippen LogP contribution in [0.4, 0.5) is 5.82 Å². The lowest BCUT2D eigenvalue weighted by Crippen LogP contribution is -2.05. The molecule has 0 atom stereocenters. The lowest BCUT2D eigenvalue weighted by atomic mass is 10.2. The second-order valence-electron chi connectivity index (χ2n) is 4.44. The van der Waals surface area contributed by atoms with Crippen molar-refractivity contribution in [1.29, 1.82) is 0 Å². The largest absolute Gasteiger partial charge is 0.489 e. The lowest BCUT2D eigenvalue weighted by Gasteiger charge is -2.14. The molecule has 112 valence electrons. The zero-order chi connectivity index (χ0) is 15.2. The van der Waals surface area contributed by atoms with E-state index in [1.54, 1.807) is 7.11 Å². The van der Waals surface area contributed by atoms with Gasteiger partial charge in [0.1, 0.15) is 6.33 Å². The van der Waals surface area contributed by atoms with Crippen LogP contribution >= 0.6 is 0 Å². The van der Waals surface area contributed by atoms with Crippen molar-refractivity contribution in [2.45, 2.75) is 27.2 Å². The van der Waals surface area contributed by atoms with Crippen LogP contribution in [-0.4, -0.2) is 28.6 Å². The maximum atomic E-state index is 5.89. The van der Waals surface area contributed by atoms with Gasteiger partial charge in [-0.3, -0.25) is 4.98 Å². The van der Waals surface area contributed by atoms with E-state index in [1.807, 2.05) is 32.9 Å². The van der Waals surface area contributed by atoms with Gasteiger partial charge >= 0.3 is 0 Å². The molecule has 0 aliphatic heterocycles. The van der Waals surface area contributed by atoms with E-state index in [-0.39, 0.29) is 0 Å².